The van der Waals surface area contributed by atoms with Crippen molar-refractivity contribution >= 4 is 146 Å². The summed E-state index contributed by atoms with van der Waals surface area (Å²) < 4.78 is 5.92. The standard InChI is InChI=1S/C38H40N6O3.C31H30N6O2.C27H28N4O.C5H4ClNO.C4H4BrClO.C2H7N/c1-25-9-5-12-30(19-25)40-37(46)35-33-24-43(38(47)34-14-7-17-39-34)22-26(2)36(33)44(41-35)23-29-11-6-10-28-20-27(15-16-32(28)29)21-31(45)13-8-18-42(3)4;1-19-6-3-9-24(14-19)34-30(38)28-26-18-36(31(39)27-10-5-13-33-27)16-20(2)29(26)37(35-28)17-22-8-4-7-21-15-23(32)11-12-25(21)22;1-17-6-3-10-22(14-17)29-27(32)25-24-11-4-7-18(2)26(24)31(30-25)16-20-9-5-8-19-15-21(28)12-13-23(19)20;6-5(8)4-2-1-3-7-4;5-3-1-2-4(6)7;1-3-2/h5-17,19-20,26,39H,18,21-24H2,1-4H3,(H,40,46);3-15,20,33H,16-18,32H2,1-2H3,(H,34,38);3,5-6,8-10,12-15,18H,4,7,11,16,28H2,1-2H3,(H,29,32);1-3,7H;1-2H,3H2;3H,1-2H3/b13-8+;;;;2-1+;. The first-order chi connectivity index (χ1) is 65.5. The average Bonchev–Trinajstić information content (AvgIpc) is 1.61. The van der Waals surface area contributed by atoms with Gasteiger partial charge in [-0.05, 0) is 278 Å². The molecule has 0 radical (unpaired) electrons. The smallest absolute Gasteiger partial charge is 0.276 e. The lowest BCUT2D eigenvalue weighted by atomic mass is 9.87. The number of nitrogens with one attached hydrogen (secondary N) is 7. The number of aryl methyl sites for hydroxylation is 3. The van der Waals surface area contributed by atoms with Crippen LogP contribution in [0.1, 0.15) is 187 Å². The Hall–Kier alpha value is -14.4. The molecule has 3 unspecified atom stereocenters. The minimum absolute atomic E-state index is 0.0219. The SMILES string of the molecule is CNC.Cc1cccc(NC(=O)c2nn(Cc3cccc4cc(CC(=O)/C=C/CN(C)C)ccc34)c3c2CN(C(=O)c2ccc[nH]2)CC3C)c1.Cc1cccc(NC(=O)c2nn(Cc3cccc4cc(N)ccc34)c3c2CCCC3C)c1.Cc1cccc(NC(=O)c2nn(Cc3cccc4cc(N)ccc34)c3c2CN(C(=O)c2ccc[nH]2)CC3C)c1.O=C(Cl)/C=C/CBr.O=C(Cl)c1ccc[nH]1. The van der Waals surface area contributed by atoms with Crippen LogP contribution in [0.5, 0.6) is 0 Å². The van der Waals surface area contributed by atoms with Crippen molar-refractivity contribution in [2.75, 3.05) is 80.6 Å². The fraction of sp³-hybridized carbons (Fsp3) is 0.243. The number of rotatable bonds is 22. The predicted octanol–water partition coefficient (Wildman–Crippen LogP) is 19.9. The molecular formula is C107H113BrCl2N18O8. The number of carbonyl (C=O) groups is 8. The quantitative estimate of drug-likeness (QED) is 0.0132. The van der Waals surface area contributed by atoms with E-state index < -0.39 is 10.5 Å². The first kappa shape index (κ1) is 99.1. The molecule has 9 aromatic carbocycles. The lowest BCUT2D eigenvalue weighted by Gasteiger charge is -2.32. The minimum atomic E-state index is -0.449. The highest BCUT2D eigenvalue weighted by molar-refractivity contribution is 9.09. The summed E-state index contributed by atoms with van der Waals surface area (Å²) in [5, 5.41) is 32.8. The van der Waals surface area contributed by atoms with E-state index in [1.807, 2.05) is 203 Å². The minimum Gasteiger partial charge on any atom is -0.399 e. The third-order valence-corrected chi connectivity index (χ3v) is 24.1. The zero-order chi connectivity index (χ0) is 96.8. The van der Waals surface area contributed by atoms with Crippen LogP contribution in [-0.2, 0) is 55.2 Å². The fourth-order valence-electron chi connectivity index (χ4n) is 17.4. The summed E-state index contributed by atoms with van der Waals surface area (Å²) in [4.78, 5) is 114. The second kappa shape index (κ2) is 46.5. The van der Waals surface area contributed by atoms with Crippen LogP contribution in [0.3, 0.4) is 0 Å². The molecule has 0 bridgehead atoms. The molecular weight excluding hydrogens is 1820 g/mol. The maximum atomic E-state index is 13.8. The number of anilines is 5. The molecule has 11 N–H and O–H groups in total. The number of halogens is 3. The van der Waals surface area contributed by atoms with E-state index in [0.717, 1.165) is 126 Å². The summed E-state index contributed by atoms with van der Waals surface area (Å²) in [6.07, 6.45) is 15.0. The second-order valence-corrected chi connectivity index (χ2v) is 35.9. The van der Waals surface area contributed by atoms with Crippen LogP contribution >= 0.6 is 39.1 Å². The van der Waals surface area contributed by atoms with Gasteiger partial charge in [0.2, 0.25) is 5.24 Å². The highest BCUT2D eigenvalue weighted by atomic mass is 79.9. The van der Waals surface area contributed by atoms with Gasteiger partial charge in [-0.15, -0.1) is 0 Å². The number of nitrogen functional groups attached to an aromatic ring is 2. The highest BCUT2D eigenvalue weighted by Crippen LogP contribution is 2.39. The summed E-state index contributed by atoms with van der Waals surface area (Å²) in [6, 6.07) is 70.3. The molecule has 0 saturated carbocycles. The molecule has 2 aliphatic heterocycles. The summed E-state index contributed by atoms with van der Waals surface area (Å²) in [5.74, 6) is -0.571. The Kier molecular flexibility index (Phi) is 33.9. The maximum Gasteiger partial charge on any atom is 0.276 e. The molecule has 0 saturated heterocycles. The number of alkyl halides is 1. The van der Waals surface area contributed by atoms with Gasteiger partial charge in [-0.25, -0.2) is 0 Å². The van der Waals surface area contributed by atoms with Gasteiger partial charge in [0.25, 0.3) is 34.8 Å². The van der Waals surface area contributed by atoms with E-state index in [1.54, 1.807) is 70.9 Å². The number of allylic oxidation sites excluding steroid dienone is 3. The summed E-state index contributed by atoms with van der Waals surface area (Å²) in [7, 11) is 7.69. The molecule has 136 heavy (non-hydrogen) atoms. The third-order valence-electron chi connectivity index (χ3n) is 23.4. The van der Waals surface area contributed by atoms with Crippen LogP contribution in [0.2, 0.25) is 0 Å². The number of aromatic nitrogens is 9. The summed E-state index contributed by atoms with van der Waals surface area (Å²) >= 11 is 13.1. The van der Waals surface area contributed by atoms with Crippen LogP contribution in [0.4, 0.5) is 28.4 Å². The Balaban J connectivity index is 0.000000159. The van der Waals surface area contributed by atoms with Crippen molar-refractivity contribution < 1.29 is 38.4 Å². The molecule has 29 heteroatoms. The van der Waals surface area contributed by atoms with Crippen molar-refractivity contribution in [2.24, 2.45) is 0 Å². The number of aromatic amines is 3. The van der Waals surface area contributed by atoms with Gasteiger partial charge in [-0.2, -0.15) is 15.3 Å². The molecule has 5 amide bonds. The number of H-pyrrole nitrogens is 3. The number of likely N-dealkylation sites (N-methyl/N-ethyl adjacent to an activating group) is 1. The monoisotopic (exact) mass is 1930 g/mol. The summed E-state index contributed by atoms with van der Waals surface area (Å²) in [5.41, 5.74) is 31.6. The molecule has 1 aliphatic carbocycles. The average molecular weight is 1930 g/mol. The van der Waals surface area contributed by atoms with Gasteiger partial charge in [-0.3, -0.25) is 52.4 Å². The lowest BCUT2D eigenvalue weighted by Crippen LogP contribution is -2.38. The number of fused-ring (bicyclic) bond motifs is 6. The molecule has 15 aromatic rings. The molecule has 26 nitrogen and oxygen atoms in total. The van der Waals surface area contributed by atoms with Crippen molar-refractivity contribution in [1.82, 2.24) is 64.3 Å². The Labute approximate surface area is 809 Å². The fourth-order valence-corrected chi connectivity index (χ4v) is 17.8. The van der Waals surface area contributed by atoms with Crippen molar-refractivity contribution in [3.05, 3.63) is 368 Å². The number of amides is 5. The van der Waals surface area contributed by atoms with Gasteiger partial charge in [0.1, 0.15) is 11.4 Å². The van der Waals surface area contributed by atoms with Gasteiger partial charge in [0.05, 0.1) is 38.4 Å². The number of benzene rings is 9. The largest absolute Gasteiger partial charge is 0.399 e. The normalized spacial score (nSPS) is 14.1. The number of hydrogen-bond acceptors (Lipinski definition) is 15. The number of carbonyl (C=O) groups excluding carboxylic acids is 8. The molecule has 18 rings (SSSR count). The van der Waals surface area contributed by atoms with E-state index in [-0.39, 0.29) is 53.7 Å². The van der Waals surface area contributed by atoms with Crippen LogP contribution in [0.15, 0.2) is 261 Å². The van der Waals surface area contributed by atoms with Gasteiger partial charge >= 0.3 is 0 Å². The maximum absolute atomic E-state index is 13.8. The van der Waals surface area contributed by atoms with Crippen molar-refractivity contribution in [1.29, 1.82) is 0 Å². The Bertz CT molecular complexity index is 6870. The van der Waals surface area contributed by atoms with E-state index in [0.29, 0.717) is 108 Å². The molecule has 3 aliphatic rings. The number of hydrogen-bond donors (Lipinski definition) is 9. The van der Waals surface area contributed by atoms with E-state index in [2.05, 4.69) is 132 Å². The molecule has 8 heterocycles. The zero-order valence-electron chi connectivity index (χ0n) is 77.8. The first-order valence-corrected chi connectivity index (χ1v) is 46.9. The van der Waals surface area contributed by atoms with Gasteiger partial charge in [0.15, 0.2) is 22.9 Å². The van der Waals surface area contributed by atoms with Crippen LogP contribution in [0, 0.1) is 20.8 Å². The van der Waals surface area contributed by atoms with E-state index in [9.17, 15) is 38.4 Å². The van der Waals surface area contributed by atoms with Crippen molar-refractivity contribution in [3.8, 4) is 0 Å². The Morgan fingerprint density at radius 3 is 1.23 bits per heavy atom. The topological polar surface area (TPSA) is 347 Å². The van der Waals surface area contributed by atoms with Gasteiger partial charge < -0.3 is 62.4 Å². The number of nitrogens with zero attached hydrogens (tertiary/aromatic N) is 9. The molecule has 700 valence electrons. The van der Waals surface area contributed by atoms with Gasteiger partial charge in [-0.1, -0.05) is 170 Å². The highest BCUT2D eigenvalue weighted by Gasteiger charge is 2.38. The summed E-state index contributed by atoms with van der Waals surface area (Å²) in [6.45, 7) is 16.3. The Morgan fingerprint density at radius 1 is 0.471 bits per heavy atom. The second-order valence-electron chi connectivity index (χ2n) is 34.5. The lowest BCUT2D eigenvalue weighted by molar-refractivity contribution is -0.114. The van der Waals surface area contributed by atoms with Crippen LogP contribution < -0.4 is 32.7 Å². The van der Waals surface area contributed by atoms with Crippen LogP contribution in [0.25, 0.3) is 32.3 Å². The molecule has 0 fully saturated rings. The zero-order valence-corrected chi connectivity index (χ0v) is 80.9. The van der Waals surface area contributed by atoms with E-state index >= 15 is 0 Å². The number of ketones is 1. The van der Waals surface area contributed by atoms with E-state index in [1.165, 1.54) is 22.7 Å². The van der Waals surface area contributed by atoms with Crippen molar-refractivity contribution in [2.45, 2.75) is 118 Å². The Morgan fingerprint density at radius 2 is 0.860 bits per heavy atom. The first-order valence-electron chi connectivity index (χ1n) is 45.0. The van der Waals surface area contributed by atoms with Gasteiger partial charge in [0, 0.05) is 124 Å². The van der Waals surface area contributed by atoms with E-state index in [4.69, 9.17) is 50.0 Å². The predicted molar refractivity (Wildman–Crippen MR) is 547 cm³/mol. The molecule has 3 atom stereocenters. The number of nitrogens with two attached hydrogens (primary N) is 2. The molecule has 6 aromatic heterocycles. The molecule has 0 spiro atoms. The van der Waals surface area contributed by atoms with Crippen LogP contribution in [-0.4, -0.2) is 158 Å². The van der Waals surface area contributed by atoms with Crippen molar-refractivity contribution in [3.63, 3.8) is 0 Å². The third kappa shape index (κ3) is 25.4.